The quantitative estimate of drug-likeness (QED) is 0.516. The number of carbonyl (C=O) groups excluding carboxylic acids is 3. The molecule has 2 saturated heterocycles. The largest absolute Gasteiger partial charge is 0.492 e. The van der Waals surface area contributed by atoms with Gasteiger partial charge in [-0.15, -0.1) is 0 Å². The highest BCUT2D eigenvalue weighted by atomic mass is 16.5. The van der Waals surface area contributed by atoms with Gasteiger partial charge in [0.15, 0.2) is 0 Å². The molecule has 2 heterocycles. The Bertz CT molecular complexity index is 883. The smallest absolute Gasteiger partial charge is 0.325 e. The molecule has 0 spiro atoms. The lowest BCUT2D eigenvalue weighted by Crippen LogP contribution is -2.46. The summed E-state index contributed by atoms with van der Waals surface area (Å²) in [5, 5.41) is 5.55. The van der Waals surface area contributed by atoms with Gasteiger partial charge in [0.05, 0.1) is 0 Å². The topological polar surface area (TPSA) is 100 Å². The van der Waals surface area contributed by atoms with E-state index in [1.54, 1.807) is 6.92 Å². The maximum Gasteiger partial charge on any atom is 0.325 e. The second kappa shape index (κ2) is 10.1. The van der Waals surface area contributed by atoms with Crippen molar-refractivity contribution >= 4 is 17.8 Å². The molecule has 1 saturated carbocycles. The number of urea groups is 1. The van der Waals surface area contributed by atoms with Crippen LogP contribution in [-0.4, -0.2) is 79.2 Å². The van der Waals surface area contributed by atoms with Gasteiger partial charge in [-0.05, 0) is 63.3 Å². The molecule has 0 aromatic heterocycles. The fraction of sp³-hybridized carbons (Fsp3) is 0.625. The number of benzene rings is 1. The van der Waals surface area contributed by atoms with E-state index in [1.807, 2.05) is 24.3 Å². The Hall–Kier alpha value is -2.65. The van der Waals surface area contributed by atoms with Crippen molar-refractivity contribution in [2.75, 3.05) is 40.0 Å². The third-order valence-corrected chi connectivity index (χ3v) is 6.91. The molecule has 1 aromatic carbocycles. The van der Waals surface area contributed by atoms with Crippen molar-refractivity contribution in [3.63, 3.8) is 0 Å². The number of nitrogens with one attached hydrogen (secondary N) is 2. The number of nitrogens with zero attached hydrogens (tertiary/aromatic N) is 2. The number of amides is 4. The van der Waals surface area contributed by atoms with Gasteiger partial charge in [0.2, 0.25) is 5.91 Å². The normalized spacial score (nSPS) is 23.7. The van der Waals surface area contributed by atoms with Crippen LogP contribution in [0.1, 0.15) is 38.2 Å². The van der Waals surface area contributed by atoms with Crippen LogP contribution in [0, 0.1) is 5.92 Å². The predicted octanol–water partition coefficient (Wildman–Crippen LogP) is 1.51. The molecule has 1 unspecified atom stereocenters. The van der Waals surface area contributed by atoms with Crippen LogP contribution in [0.4, 0.5) is 4.79 Å². The third-order valence-electron chi connectivity index (χ3n) is 6.91. The lowest BCUT2D eigenvalue weighted by atomic mass is 9.96. The first-order valence-corrected chi connectivity index (χ1v) is 11.8. The van der Waals surface area contributed by atoms with Gasteiger partial charge in [0, 0.05) is 32.3 Å². The van der Waals surface area contributed by atoms with E-state index in [1.165, 1.54) is 0 Å². The maximum absolute atomic E-state index is 12.7. The molecular formula is C24H34N4O5. The van der Waals surface area contributed by atoms with Crippen molar-refractivity contribution in [2.45, 2.75) is 50.7 Å². The Morgan fingerprint density at radius 2 is 2.03 bits per heavy atom. The van der Waals surface area contributed by atoms with Crippen LogP contribution >= 0.6 is 0 Å². The molecule has 2 aliphatic heterocycles. The van der Waals surface area contributed by atoms with Gasteiger partial charge in [-0.1, -0.05) is 12.1 Å². The molecular weight excluding hydrogens is 424 g/mol. The van der Waals surface area contributed by atoms with Crippen LogP contribution in [0.3, 0.4) is 0 Å². The van der Waals surface area contributed by atoms with Crippen molar-refractivity contribution in [3.05, 3.63) is 29.8 Å². The number of carbonyl (C=O) groups is 3. The van der Waals surface area contributed by atoms with Gasteiger partial charge in [-0.3, -0.25) is 19.4 Å². The number of imide groups is 1. The lowest BCUT2D eigenvalue weighted by molar-refractivity contribution is -0.135. The minimum absolute atomic E-state index is 0.168. The van der Waals surface area contributed by atoms with Crippen molar-refractivity contribution in [1.82, 2.24) is 20.4 Å². The summed E-state index contributed by atoms with van der Waals surface area (Å²) in [5.41, 5.74) is 0.0145. The van der Waals surface area contributed by atoms with Gasteiger partial charge in [0.25, 0.3) is 5.91 Å². The van der Waals surface area contributed by atoms with Gasteiger partial charge >= 0.3 is 6.03 Å². The van der Waals surface area contributed by atoms with E-state index in [9.17, 15) is 14.4 Å². The SMILES string of the molecule is CN(CCOc1cccc(CNC(=O)CN2C(=O)NC(C)(C3CC3)C2=O)c1)C1CCOCC1. The number of ether oxygens (including phenoxy) is 2. The monoisotopic (exact) mass is 458 g/mol. The Morgan fingerprint density at radius 3 is 2.76 bits per heavy atom. The second-order valence-corrected chi connectivity index (χ2v) is 9.39. The first-order valence-electron chi connectivity index (χ1n) is 11.8. The average molecular weight is 459 g/mol. The molecule has 9 nitrogen and oxygen atoms in total. The van der Waals surface area contributed by atoms with Gasteiger partial charge in [-0.2, -0.15) is 0 Å². The van der Waals surface area contributed by atoms with E-state index >= 15 is 0 Å². The van der Waals surface area contributed by atoms with Crippen LogP contribution in [0.15, 0.2) is 24.3 Å². The van der Waals surface area contributed by atoms with Crippen LogP contribution in [0.5, 0.6) is 5.75 Å². The van der Waals surface area contributed by atoms with E-state index in [0.717, 1.165) is 61.7 Å². The Kier molecular flexibility index (Phi) is 7.19. The zero-order chi connectivity index (χ0) is 23.4. The van der Waals surface area contributed by atoms with E-state index in [0.29, 0.717) is 19.2 Å². The standard InChI is InChI=1S/C24H34N4O5/c1-24(18-6-7-18)22(30)28(23(31)26-24)16-21(29)25-15-17-4-3-5-20(14-17)33-13-10-27(2)19-8-11-32-12-9-19/h3-5,14,18-19H,6-13,15-16H2,1-2H3,(H,25,29)(H,26,31). The molecule has 3 fully saturated rings. The van der Waals surface area contributed by atoms with E-state index in [2.05, 4.69) is 22.6 Å². The van der Waals surface area contributed by atoms with Crippen molar-refractivity contribution in [1.29, 1.82) is 0 Å². The Morgan fingerprint density at radius 1 is 1.27 bits per heavy atom. The van der Waals surface area contributed by atoms with E-state index in [-0.39, 0.29) is 24.3 Å². The molecule has 0 bridgehead atoms. The summed E-state index contributed by atoms with van der Waals surface area (Å²) >= 11 is 0. The maximum atomic E-state index is 12.7. The molecule has 180 valence electrons. The number of hydrogen-bond acceptors (Lipinski definition) is 6. The number of hydrogen-bond donors (Lipinski definition) is 2. The highest BCUT2D eigenvalue weighted by Gasteiger charge is 2.56. The molecule has 4 amide bonds. The summed E-state index contributed by atoms with van der Waals surface area (Å²) in [6.45, 7) is 4.81. The average Bonchev–Trinajstić information content (AvgIpc) is 3.64. The van der Waals surface area contributed by atoms with Crippen LogP contribution in [-0.2, 0) is 20.9 Å². The lowest BCUT2D eigenvalue weighted by Gasteiger charge is -2.31. The van der Waals surface area contributed by atoms with Crippen LogP contribution in [0.2, 0.25) is 0 Å². The fourth-order valence-electron chi connectivity index (χ4n) is 4.56. The minimum Gasteiger partial charge on any atom is -0.492 e. The van der Waals surface area contributed by atoms with Crippen molar-refractivity contribution in [3.8, 4) is 5.75 Å². The molecule has 3 aliphatic rings. The first kappa shape index (κ1) is 23.5. The van der Waals surface area contributed by atoms with Crippen LogP contribution < -0.4 is 15.4 Å². The Labute approximate surface area is 194 Å². The molecule has 33 heavy (non-hydrogen) atoms. The summed E-state index contributed by atoms with van der Waals surface area (Å²) in [6, 6.07) is 7.62. The highest BCUT2D eigenvalue weighted by Crippen LogP contribution is 2.42. The fourth-order valence-corrected chi connectivity index (χ4v) is 4.56. The highest BCUT2D eigenvalue weighted by molar-refractivity contribution is 6.09. The molecule has 0 radical (unpaired) electrons. The van der Waals surface area contributed by atoms with Gasteiger partial charge in [0.1, 0.15) is 24.4 Å². The van der Waals surface area contributed by atoms with E-state index in [4.69, 9.17) is 9.47 Å². The summed E-state index contributed by atoms with van der Waals surface area (Å²) in [5.74, 6) is 0.229. The molecule has 1 aliphatic carbocycles. The summed E-state index contributed by atoms with van der Waals surface area (Å²) < 4.78 is 11.3. The minimum atomic E-state index is -0.873. The first-order chi connectivity index (χ1) is 15.9. The molecule has 4 rings (SSSR count). The third kappa shape index (κ3) is 5.65. The molecule has 2 N–H and O–H groups in total. The number of likely N-dealkylation sites (N-methyl/N-ethyl adjacent to an activating group) is 1. The summed E-state index contributed by atoms with van der Waals surface area (Å²) in [7, 11) is 2.11. The Balaban J connectivity index is 1.21. The van der Waals surface area contributed by atoms with Crippen molar-refractivity contribution < 1.29 is 23.9 Å². The zero-order valence-corrected chi connectivity index (χ0v) is 19.5. The van der Waals surface area contributed by atoms with Crippen molar-refractivity contribution in [2.24, 2.45) is 5.92 Å². The molecule has 9 heteroatoms. The summed E-state index contributed by atoms with van der Waals surface area (Å²) in [4.78, 5) is 40.6. The van der Waals surface area contributed by atoms with Gasteiger partial charge < -0.3 is 20.1 Å². The zero-order valence-electron chi connectivity index (χ0n) is 19.5. The van der Waals surface area contributed by atoms with E-state index < -0.39 is 11.6 Å². The molecule has 1 atom stereocenters. The van der Waals surface area contributed by atoms with Crippen LogP contribution in [0.25, 0.3) is 0 Å². The second-order valence-electron chi connectivity index (χ2n) is 9.39. The van der Waals surface area contributed by atoms with Gasteiger partial charge in [-0.25, -0.2) is 4.79 Å². The predicted molar refractivity (Wildman–Crippen MR) is 122 cm³/mol. The summed E-state index contributed by atoms with van der Waals surface area (Å²) in [6.07, 6.45) is 3.95. The number of rotatable bonds is 10. The molecule has 1 aromatic rings.